The molecular weight excluding hydrogens is 264 g/mol. The average Bonchev–Trinajstić information content (AvgIpc) is 2.91. The summed E-state index contributed by atoms with van der Waals surface area (Å²) in [6.45, 7) is 2.04. The molecule has 0 amide bonds. The zero-order valence-electron chi connectivity index (χ0n) is 12.2. The van der Waals surface area contributed by atoms with E-state index in [2.05, 4.69) is 6.07 Å². The molecule has 1 unspecified atom stereocenters. The van der Waals surface area contributed by atoms with E-state index in [-0.39, 0.29) is 0 Å². The number of aliphatic hydroxyl groups excluding tert-OH is 1. The van der Waals surface area contributed by atoms with Crippen molar-refractivity contribution in [1.82, 2.24) is 0 Å². The van der Waals surface area contributed by atoms with Crippen LogP contribution in [0.4, 0.5) is 0 Å². The van der Waals surface area contributed by atoms with Gasteiger partial charge in [-0.2, -0.15) is 0 Å². The van der Waals surface area contributed by atoms with E-state index in [1.807, 2.05) is 49.4 Å². The summed E-state index contributed by atoms with van der Waals surface area (Å²) in [5.41, 5.74) is 2.94. The van der Waals surface area contributed by atoms with Crippen molar-refractivity contribution in [3.05, 3.63) is 65.4 Å². The Hall–Kier alpha value is -2.26. The topological polar surface area (TPSA) is 42.6 Å². The molecule has 2 aromatic carbocycles. The molecule has 0 saturated carbocycles. The highest BCUT2D eigenvalue weighted by molar-refractivity contribution is 5.78. The largest absolute Gasteiger partial charge is 0.496 e. The molecule has 1 heterocycles. The molecular formula is C18H18O3. The minimum atomic E-state index is -0.686. The quantitative estimate of drug-likeness (QED) is 0.785. The lowest BCUT2D eigenvalue weighted by molar-refractivity contribution is 0.151. The summed E-state index contributed by atoms with van der Waals surface area (Å²) < 4.78 is 11.1. The molecule has 0 aliphatic heterocycles. The molecule has 3 nitrogen and oxygen atoms in total. The Kier molecular flexibility index (Phi) is 3.67. The van der Waals surface area contributed by atoms with Gasteiger partial charge in [-0.1, -0.05) is 29.8 Å². The highest BCUT2D eigenvalue weighted by Gasteiger charge is 2.16. The number of para-hydroxylation sites is 1. The SMILES string of the molecule is COc1ccccc1CC(O)c1cc2cc(C)ccc2o1. The van der Waals surface area contributed by atoms with Crippen molar-refractivity contribution in [2.45, 2.75) is 19.4 Å². The van der Waals surface area contributed by atoms with Crippen LogP contribution in [0.3, 0.4) is 0 Å². The molecule has 0 bridgehead atoms. The van der Waals surface area contributed by atoms with Crippen molar-refractivity contribution in [3.8, 4) is 5.75 Å². The number of ether oxygens (including phenoxy) is 1. The van der Waals surface area contributed by atoms with E-state index in [9.17, 15) is 5.11 Å². The summed E-state index contributed by atoms with van der Waals surface area (Å²) in [6, 6.07) is 15.6. The van der Waals surface area contributed by atoms with Gasteiger partial charge in [0, 0.05) is 11.8 Å². The molecule has 0 spiro atoms. The first-order valence-electron chi connectivity index (χ1n) is 6.97. The first kappa shape index (κ1) is 13.7. The van der Waals surface area contributed by atoms with Gasteiger partial charge in [-0.05, 0) is 36.8 Å². The minimum Gasteiger partial charge on any atom is -0.496 e. The second-order valence-corrected chi connectivity index (χ2v) is 5.22. The van der Waals surface area contributed by atoms with Gasteiger partial charge in [-0.15, -0.1) is 0 Å². The van der Waals surface area contributed by atoms with Crippen molar-refractivity contribution < 1.29 is 14.3 Å². The standard InChI is InChI=1S/C18H18O3/c1-12-7-8-17-14(9-12)11-18(21-17)15(19)10-13-5-3-4-6-16(13)20-2/h3-9,11,15,19H,10H2,1-2H3. The zero-order valence-corrected chi connectivity index (χ0v) is 12.2. The maximum Gasteiger partial charge on any atom is 0.134 e. The van der Waals surface area contributed by atoms with Crippen molar-refractivity contribution in [3.63, 3.8) is 0 Å². The Bertz CT molecular complexity index is 758. The number of methoxy groups -OCH3 is 1. The molecule has 21 heavy (non-hydrogen) atoms. The first-order valence-corrected chi connectivity index (χ1v) is 6.97. The number of hydrogen-bond acceptors (Lipinski definition) is 3. The van der Waals surface area contributed by atoms with Crippen molar-refractivity contribution in [2.24, 2.45) is 0 Å². The van der Waals surface area contributed by atoms with Crippen LogP contribution in [0.2, 0.25) is 0 Å². The van der Waals surface area contributed by atoms with Crippen molar-refractivity contribution in [2.75, 3.05) is 7.11 Å². The Labute approximate surface area is 123 Å². The normalized spacial score (nSPS) is 12.5. The van der Waals surface area contributed by atoms with Crippen LogP contribution in [-0.4, -0.2) is 12.2 Å². The minimum absolute atomic E-state index is 0.461. The number of furan rings is 1. The molecule has 3 rings (SSSR count). The van der Waals surface area contributed by atoms with Gasteiger partial charge >= 0.3 is 0 Å². The Morgan fingerprint density at radius 2 is 1.95 bits per heavy atom. The maximum atomic E-state index is 10.4. The Balaban J connectivity index is 1.88. The van der Waals surface area contributed by atoms with Gasteiger partial charge < -0.3 is 14.3 Å². The van der Waals surface area contributed by atoms with Gasteiger partial charge in [-0.3, -0.25) is 0 Å². The summed E-state index contributed by atoms with van der Waals surface area (Å²) >= 11 is 0. The smallest absolute Gasteiger partial charge is 0.134 e. The maximum absolute atomic E-state index is 10.4. The molecule has 1 aromatic heterocycles. The van der Waals surface area contributed by atoms with Gasteiger partial charge in [0.05, 0.1) is 7.11 Å². The summed E-state index contributed by atoms with van der Waals surface area (Å²) in [5, 5.41) is 11.4. The molecule has 108 valence electrons. The monoisotopic (exact) mass is 282 g/mol. The summed E-state index contributed by atoms with van der Waals surface area (Å²) in [4.78, 5) is 0. The predicted molar refractivity (Wildman–Crippen MR) is 82.6 cm³/mol. The number of benzene rings is 2. The molecule has 3 aromatic rings. The number of rotatable bonds is 4. The van der Waals surface area contributed by atoms with Crippen LogP contribution < -0.4 is 4.74 Å². The highest BCUT2D eigenvalue weighted by Crippen LogP contribution is 2.29. The summed E-state index contributed by atoms with van der Waals surface area (Å²) in [7, 11) is 1.63. The fourth-order valence-corrected chi connectivity index (χ4v) is 2.53. The second kappa shape index (κ2) is 5.62. The van der Waals surface area contributed by atoms with E-state index >= 15 is 0 Å². The van der Waals surface area contributed by atoms with Gasteiger partial charge in [0.25, 0.3) is 0 Å². The molecule has 0 aliphatic rings. The molecule has 1 atom stereocenters. The van der Waals surface area contributed by atoms with Crippen LogP contribution in [-0.2, 0) is 6.42 Å². The van der Waals surface area contributed by atoms with Crippen LogP contribution in [0.15, 0.2) is 52.9 Å². The van der Waals surface area contributed by atoms with Gasteiger partial charge in [0.1, 0.15) is 23.2 Å². The fourth-order valence-electron chi connectivity index (χ4n) is 2.53. The average molecular weight is 282 g/mol. The van der Waals surface area contributed by atoms with Crippen LogP contribution in [0, 0.1) is 6.92 Å². The lowest BCUT2D eigenvalue weighted by atomic mass is 10.0. The van der Waals surface area contributed by atoms with Gasteiger partial charge in [0.2, 0.25) is 0 Å². The van der Waals surface area contributed by atoms with E-state index in [4.69, 9.17) is 9.15 Å². The third kappa shape index (κ3) is 2.78. The third-order valence-corrected chi connectivity index (χ3v) is 3.63. The molecule has 0 radical (unpaired) electrons. The van der Waals surface area contributed by atoms with Gasteiger partial charge in [-0.25, -0.2) is 0 Å². The lowest BCUT2D eigenvalue weighted by Crippen LogP contribution is -2.02. The summed E-state index contributed by atoms with van der Waals surface area (Å²) in [5.74, 6) is 1.37. The van der Waals surface area contributed by atoms with E-state index in [0.29, 0.717) is 12.2 Å². The molecule has 0 aliphatic carbocycles. The van der Waals surface area contributed by atoms with E-state index in [0.717, 1.165) is 22.3 Å². The number of aryl methyl sites for hydroxylation is 1. The predicted octanol–water partition coefficient (Wildman–Crippen LogP) is 4.03. The number of fused-ring (bicyclic) bond motifs is 1. The second-order valence-electron chi connectivity index (χ2n) is 5.22. The Morgan fingerprint density at radius 3 is 2.76 bits per heavy atom. The van der Waals surface area contributed by atoms with Crippen LogP contribution >= 0.6 is 0 Å². The number of hydrogen-bond donors (Lipinski definition) is 1. The Morgan fingerprint density at radius 1 is 1.14 bits per heavy atom. The van der Waals surface area contributed by atoms with Crippen molar-refractivity contribution in [1.29, 1.82) is 0 Å². The molecule has 0 fully saturated rings. The first-order chi connectivity index (χ1) is 10.2. The fraction of sp³-hybridized carbons (Fsp3) is 0.222. The zero-order chi connectivity index (χ0) is 14.8. The van der Waals surface area contributed by atoms with E-state index in [1.54, 1.807) is 7.11 Å². The van der Waals surface area contributed by atoms with Crippen LogP contribution in [0.25, 0.3) is 11.0 Å². The highest BCUT2D eigenvalue weighted by atomic mass is 16.5. The molecule has 0 saturated heterocycles. The third-order valence-electron chi connectivity index (χ3n) is 3.63. The lowest BCUT2D eigenvalue weighted by Gasteiger charge is -2.11. The van der Waals surface area contributed by atoms with Gasteiger partial charge in [0.15, 0.2) is 0 Å². The van der Waals surface area contributed by atoms with Crippen LogP contribution in [0.5, 0.6) is 5.75 Å². The molecule has 3 heteroatoms. The number of aliphatic hydroxyl groups is 1. The molecule has 1 N–H and O–H groups in total. The van der Waals surface area contributed by atoms with Crippen LogP contribution in [0.1, 0.15) is 23.0 Å². The van der Waals surface area contributed by atoms with E-state index < -0.39 is 6.10 Å². The van der Waals surface area contributed by atoms with Crippen molar-refractivity contribution >= 4 is 11.0 Å². The summed E-state index contributed by atoms with van der Waals surface area (Å²) in [6.07, 6.45) is -0.225. The van der Waals surface area contributed by atoms with E-state index in [1.165, 1.54) is 5.56 Å².